The van der Waals surface area contributed by atoms with Crippen LogP contribution in [0.25, 0.3) is 0 Å². The molecule has 0 unspecified atom stereocenters. The number of benzene rings is 2. The van der Waals surface area contributed by atoms with Gasteiger partial charge in [-0.3, -0.25) is 4.79 Å². The molecule has 2 aromatic carbocycles. The number of ether oxygens (including phenoxy) is 1. The first-order valence-corrected chi connectivity index (χ1v) is 7.94. The summed E-state index contributed by atoms with van der Waals surface area (Å²) in [6, 6.07) is 10.2. The number of hydrogen-bond acceptors (Lipinski definition) is 3. The first-order chi connectivity index (χ1) is 11.5. The number of amides is 1. The quantitative estimate of drug-likeness (QED) is 0.932. The van der Waals surface area contributed by atoms with Crippen molar-refractivity contribution >= 4 is 11.6 Å². The molecule has 1 aliphatic rings. The first-order valence-electron chi connectivity index (χ1n) is 7.94. The van der Waals surface area contributed by atoms with E-state index in [4.69, 9.17) is 4.74 Å². The summed E-state index contributed by atoms with van der Waals surface area (Å²) in [7, 11) is 5.03. The zero-order chi connectivity index (χ0) is 17.3. The number of rotatable bonds is 4. The SMILES string of the molecule is COc1ccc(C(=O)N(C)C)cc1N[C@H]1CCc2ccc(F)cc21. The minimum Gasteiger partial charge on any atom is -0.495 e. The molecule has 0 heterocycles. The van der Waals surface area contributed by atoms with Crippen LogP contribution in [0.5, 0.6) is 5.75 Å². The van der Waals surface area contributed by atoms with E-state index in [2.05, 4.69) is 5.32 Å². The highest BCUT2D eigenvalue weighted by atomic mass is 19.1. The van der Waals surface area contributed by atoms with Gasteiger partial charge < -0.3 is 15.0 Å². The van der Waals surface area contributed by atoms with Crippen LogP contribution in [0.3, 0.4) is 0 Å². The van der Waals surface area contributed by atoms with Crippen molar-refractivity contribution in [3.63, 3.8) is 0 Å². The Morgan fingerprint density at radius 1 is 1.25 bits per heavy atom. The van der Waals surface area contributed by atoms with Crippen LogP contribution in [0.1, 0.15) is 33.9 Å². The van der Waals surface area contributed by atoms with Crippen molar-refractivity contribution in [2.75, 3.05) is 26.5 Å². The van der Waals surface area contributed by atoms with Gasteiger partial charge in [-0.05, 0) is 54.3 Å². The third-order valence-electron chi connectivity index (χ3n) is 4.37. The Morgan fingerprint density at radius 2 is 2.04 bits per heavy atom. The van der Waals surface area contributed by atoms with Crippen molar-refractivity contribution in [3.05, 3.63) is 58.9 Å². The van der Waals surface area contributed by atoms with E-state index in [9.17, 15) is 9.18 Å². The summed E-state index contributed by atoms with van der Waals surface area (Å²) < 4.78 is 19.0. The van der Waals surface area contributed by atoms with E-state index in [1.165, 1.54) is 11.0 Å². The second-order valence-electron chi connectivity index (χ2n) is 6.19. The third kappa shape index (κ3) is 3.07. The molecule has 0 aliphatic heterocycles. The number of carbonyl (C=O) groups excluding carboxylic acids is 1. The molecule has 3 rings (SSSR count). The van der Waals surface area contributed by atoms with E-state index in [-0.39, 0.29) is 17.8 Å². The Balaban J connectivity index is 1.91. The molecule has 0 radical (unpaired) electrons. The van der Waals surface area contributed by atoms with E-state index < -0.39 is 0 Å². The van der Waals surface area contributed by atoms with Crippen molar-refractivity contribution < 1.29 is 13.9 Å². The van der Waals surface area contributed by atoms with Gasteiger partial charge in [0.2, 0.25) is 0 Å². The lowest BCUT2D eigenvalue weighted by Crippen LogP contribution is -2.21. The van der Waals surface area contributed by atoms with Gasteiger partial charge in [-0.15, -0.1) is 0 Å². The molecule has 0 fully saturated rings. The molecule has 126 valence electrons. The largest absolute Gasteiger partial charge is 0.495 e. The van der Waals surface area contributed by atoms with Crippen molar-refractivity contribution in [2.24, 2.45) is 0 Å². The number of nitrogens with zero attached hydrogens (tertiary/aromatic N) is 1. The van der Waals surface area contributed by atoms with Crippen molar-refractivity contribution in [3.8, 4) is 5.75 Å². The van der Waals surface area contributed by atoms with Gasteiger partial charge >= 0.3 is 0 Å². The average molecular weight is 328 g/mol. The monoisotopic (exact) mass is 328 g/mol. The van der Waals surface area contributed by atoms with Gasteiger partial charge in [0, 0.05) is 19.7 Å². The highest BCUT2D eigenvalue weighted by Crippen LogP contribution is 2.37. The van der Waals surface area contributed by atoms with Crippen LogP contribution in [0, 0.1) is 5.82 Å². The molecule has 0 saturated heterocycles. The van der Waals surface area contributed by atoms with Gasteiger partial charge in [-0.25, -0.2) is 4.39 Å². The van der Waals surface area contributed by atoms with Gasteiger partial charge in [-0.2, -0.15) is 0 Å². The van der Waals surface area contributed by atoms with Crippen LogP contribution in [0.4, 0.5) is 10.1 Å². The molecule has 0 bridgehead atoms. The molecule has 1 aliphatic carbocycles. The van der Waals surface area contributed by atoms with Crippen LogP contribution in [-0.2, 0) is 6.42 Å². The number of carbonyl (C=O) groups is 1. The topological polar surface area (TPSA) is 41.6 Å². The highest BCUT2D eigenvalue weighted by molar-refractivity contribution is 5.95. The predicted octanol–water partition coefficient (Wildman–Crippen LogP) is 3.64. The third-order valence-corrected chi connectivity index (χ3v) is 4.37. The predicted molar refractivity (Wildman–Crippen MR) is 92.1 cm³/mol. The molecular formula is C19H21FN2O2. The highest BCUT2D eigenvalue weighted by Gasteiger charge is 2.24. The molecule has 5 heteroatoms. The summed E-state index contributed by atoms with van der Waals surface area (Å²) in [4.78, 5) is 13.7. The Labute approximate surface area is 141 Å². The van der Waals surface area contributed by atoms with Gasteiger partial charge in [-0.1, -0.05) is 6.07 Å². The smallest absolute Gasteiger partial charge is 0.253 e. The summed E-state index contributed by atoms with van der Waals surface area (Å²) in [5, 5.41) is 3.42. The number of anilines is 1. The maximum Gasteiger partial charge on any atom is 0.253 e. The Bertz CT molecular complexity index is 774. The van der Waals surface area contributed by atoms with Crippen molar-refractivity contribution in [1.29, 1.82) is 0 Å². The molecular weight excluding hydrogens is 307 g/mol. The first kappa shape index (κ1) is 16.3. The Hall–Kier alpha value is -2.56. The van der Waals surface area contributed by atoms with Crippen molar-refractivity contribution in [1.82, 2.24) is 4.90 Å². The Morgan fingerprint density at radius 3 is 2.75 bits per heavy atom. The Kier molecular flexibility index (Phi) is 4.42. The number of aryl methyl sites for hydroxylation is 1. The summed E-state index contributed by atoms with van der Waals surface area (Å²) in [6.07, 6.45) is 1.79. The van der Waals surface area contributed by atoms with Gasteiger partial charge in [0.15, 0.2) is 0 Å². The van der Waals surface area contributed by atoms with Gasteiger partial charge in [0.05, 0.1) is 18.8 Å². The zero-order valence-corrected chi connectivity index (χ0v) is 14.1. The zero-order valence-electron chi connectivity index (χ0n) is 14.1. The fraction of sp³-hybridized carbons (Fsp3) is 0.316. The van der Waals surface area contributed by atoms with Crippen LogP contribution in [0.2, 0.25) is 0 Å². The summed E-state index contributed by atoms with van der Waals surface area (Å²) in [6.45, 7) is 0. The maximum atomic E-state index is 13.6. The van der Waals surface area contributed by atoms with E-state index in [0.29, 0.717) is 11.3 Å². The molecule has 1 N–H and O–H groups in total. The van der Waals surface area contributed by atoms with E-state index >= 15 is 0 Å². The number of fused-ring (bicyclic) bond motifs is 1. The van der Waals surface area contributed by atoms with E-state index in [1.54, 1.807) is 45.5 Å². The van der Waals surface area contributed by atoms with Crippen LogP contribution >= 0.6 is 0 Å². The van der Waals surface area contributed by atoms with Gasteiger partial charge in [0.25, 0.3) is 5.91 Å². The second-order valence-corrected chi connectivity index (χ2v) is 6.19. The summed E-state index contributed by atoms with van der Waals surface area (Å²) >= 11 is 0. The second kappa shape index (κ2) is 6.51. The average Bonchev–Trinajstić information content (AvgIpc) is 2.96. The number of methoxy groups -OCH3 is 1. The lowest BCUT2D eigenvalue weighted by Gasteiger charge is -2.19. The van der Waals surface area contributed by atoms with Crippen LogP contribution < -0.4 is 10.1 Å². The number of hydrogen-bond donors (Lipinski definition) is 1. The standard InChI is InChI=1S/C19H21FN2O2/c1-22(2)19(23)13-6-9-18(24-3)17(10-13)21-16-8-5-12-4-7-14(20)11-15(12)16/h4,6-7,9-11,16,21H,5,8H2,1-3H3/t16-/m0/s1. The fourth-order valence-corrected chi connectivity index (χ4v) is 3.12. The minimum absolute atomic E-state index is 0.00862. The van der Waals surface area contributed by atoms with E-state index in [1.807, 2.05) is 6.07 Å². The molecule has 1 amide bonds. The molecule has 0 aromatic heterocycles. The minimum atomic E-state index is -0.231. The molecule has 0 spiro atoms. The number of nitrogens with one attached hydrogen (secondary N) is 1. The van der Waals surface area contributed by atoms with Gasteiger partial charge in [0.1, 0.15) is 11.6 Å². The lowest BCUT2D eigenvalue weighted by molar-refractivity contribution is 0.0827. The lowest BCUT2D eigenvalue weighted by atomic mass is 10.1. The van der Waals surface area contributed by atoms with Crippen LogP contribution in [0.15, 0.2) is 36.4 Å². The molecule has 1 atom stereocenters. The summed E-state index contributed by atoms with van der Waals surface area (Å²) in [5.41, 5.74) is 3.46. The van der Waals surface area contributed by atoms with E-state index in [0.717, 1.165) is 29.7 Å². The van der Waals surface area contributed by atoms with Crippen LogP contribution in [-0.4, -0.2) is 32.0 Å². The maximum absolute atomic E-state index is 13.6. The molecule has 2 aromatic rings. The normalized spacial score (nSPS) is 15.8. The summed E-state index contributed by atoms with van der Waals surface area (Å²) in [5.74, 6) is 0.361. The fourth-order valence-electron chi connectivity index (χ4n) is 3.12. The molecule has 24 heavy (non-hydrogen) atoms. The number of halogens is 1. The molecule has 4 nitrogen and oxygen atoms in total. The van der Waals surface area contributed by atoms with Crippen molar-refractivity contribution in [2.45, 2.75) is 18.9 Å². The molecule has 0 saturated carbocycles.